The van der Waals surface area contributed by atoms with Crippen molar-refractivity contribution in [1.82, 2.24) is 0 Å². The number of rotatable bonds is 5. The van der Waals surface area contributed by atoms with E-state index >= 15 is 0 Å². The van der Waals surface area contributed by atoms with E-state index in [0.717, 1.165) is 30.4 Å². The summed E-state index contributed by atoms with van der Waals surface area (Å²) in [7, 11) is 4.72. The Morgan fingerprint density at radius 3 is 2.30 bits per heavy atom. The van der Waals surface area contributed by atoms with Crippen LogP contribution in [0, 0.1) is 0 Å². The third-order valence-electron chi connectivity index (χ3n) is 3.71. The number of allylic oxidation sites excluding steroid dienone is 1. The zero-order valence-corrected chi connectivity index (χ0v) is 12.3. The van der Waals surface area contributed by atoms with Crippen LogP contribution in [-0.2, 0) is 0 Å². The topological polar surface area (TPSA) is 47.9 Å². The molecule has 4 nitrogen and oxygen atoms in total. The lowest BCUT2D eigenvalue weighted by atomic mass is 9.91. The molecule has 1 unspecified atom stereocenters. The first-order valence-electron chi connectivity index (χ1n) is 6.88. The van der Waals surface area contributed by atoms with Crippen LogP contribution in [0.3, 0.4) is 0 Å². The van der Waals surface area contributed by atoms with Crippen LogP contribution in [0.5, 0.6) is 17.2 Å². The predicted octanol–water partition coefficient (Wildman–Crippen LogP) is 3.25. The highest BCUT2D eigenvalue weighted by Gasteiger charge is 2.23. The normalized spacial score (nSPS) is 16.3. The molecule has 0 aliphatic heterocycles. The Morgan fingerprint density at radius 2 is 1.75 bits per heavy atom. The highest BCUT2D eigenvalue weighted by molar-refractivity contribution is 5.57. The van der Waals surface area contributed by atoms with Gasteiger partial charge in [0.1, 0.15) is 6.10 Å². The summed E-state index contributed by atoms with van der Waals surface area (Å²) in [6.45, 7) is 0. The molecule has 0 saturated carbocycles. The van der Waals surface area contributed by atoms with Gasteiger partial charge in [-0.1, -0.05) is 6.08 Å². The molecule has 1 aromatic rings. The van der Waals surface area contributed by atoms with Crippen molar-refractivity contribution < 1.29 is 19.3 Å². The Hall–Kier alpha value is -1.68. The van der Waals surface area contributed by atoms with Gasteiger partial charge in [-0.3, -0.25) is 0 Å². The second-order valence-corrected chi connectivity index (χ2v) is 4.85. The number of benzene rings is 1. The van der Waals surface area contributed by atoms with E-state index in [2.05, 4.69) is 6.08 Å². The third kappa shape index (κ3) is 2.75. The highest BCUT2D eigenvalue weighted by Crippen LogP contribution is 2.44. The molecule has 2 rings (SSSR count). The van der Waals surface area contributed by atoms with Crippen molar-refractivity contribution in [3.63, 3.8) is 0 Å². The molecule has 1 aliphatic rings. The number of hydrogen-bond acceptors (Lipinski definition) is 4. The summed E-state index contributed by atoms with van der Waals surface area (Å²) in [4.78, 5) is 0. The molecular weight excluding hydrogens is 256 g/mol. The lowest BCUT2D eigenvalue weighted by Gasteiger charge is -2.22. The molecular formula is C16H22O4. The fraction of sp³-hybridized carbons (Fsp3) is 0.500. The Morgan fingerprint density at radius 1 is 1.00 bits per heavy atom. The quantitative estimate of drug-likeness (QED) is 0.840. The van der Waals surface area contributed by atoms with E-state index in [1.165, 1.54) is 6.42 Å². The van der Waals surface area contributed by atoms with E-state index in [0.29, 0.717) is 17.2 Å². The molecule has 0 bridgehead atoms. The number of aliphatic hydroxyl groups is 1. The molecule has 0 fully saturated rings. The fourth-order valence-electron chi connectivity index (χ4n) is 2.65. The SMILES string of the molecule is COc1ccc(C(O)C2=CCCCC2)c(OC)c1OC. The van der Waals surface area contributed by atoms with Gasteiger partial charge in [-0.15, -0.1) is 0 Å². The lowest BCUT2D eigenvalue weighted by Crippen LogP contribution is -2.08. The van der Waals surface area contributed by atoms with Crippen LogP contribution in [0.1, 0.15) is 37.4 Å². The van der Waals surface area contributed by atoms with Crippen LogP contribution < -0.4 is 14.2 Å². The smallest absolute Gasteiger partial charge is 0.203 e. The van der Waals surface area contributed by atoms with Gasteiger partial charge in [0.15, 0.2) is 11.5 Å². The molecule has 0 amide bonds. The maximum absolute atomic E-state index is 10.6. The maximum Gasteiger partial charge on any atom is 0.203 e. The standard InChI is InChI=1S/C16H22O4/c1-18-13-10-9-12(15(19-2)16(13)20-3)14(17)11-7-5-4-6-8-11/h7,9-10,14,17H,4-6,8H2,1-3H3. The Bertz CT molecular complexity index is 493. The van der Waals surface area contributed by atoms with E-state index in [1.807, 2.05) is 6.07 Å². The van der Waals surface area contributed by atoms with Crippen molar-refractivity contribution in [3.8, 4) is 17.2 Å². The van der Waals surface area contributed by atoms with E-state index in [4.69, 9.17) is 14.2 Å². The van der Waals surface area contributed by atoms with Gasteiger partial charge in [-0.2, -0.15) is 0 Å². The first kappa shape index (κ1) is 14.7. The van der Waals surface area contributed by atoms with Crippen molar-refractivity contribution in [3.05, 3.63) is 29.3 Å². The van der Waals surface area contributed by atoms with Gasteiger partial charge >= 0.3 is 0 Å². The average molecular weight is 278 g/mol. The maximum atomic E-state index is 10.6. The molecule has 0 aromatic heterocycles. The van der Waals surface area contributed by atoms with Gasteiger partial charge < -0.3 is 19.3 Å². The summed E-state index contributed by atoms with van der Waals surface area (Å²) in [6, 6.07) is 3.63. The minimum absolute atomic E-state index is 0.517. The van der Waals surface area contributed by atoms with Crippen LogP contribution in [0.25, 0.3) is 0 Å². The second-order valence-electron chi connectivity index (χ2n) is 4.85. The van der Waals surface area contributed by atoms with Crippen molar-refractivity contribution in [2.24, 2.45) is 0 Å². The van der Waals surface area contributed by atoms with E-state index in [9.17, 15) is 5.11 Å². The molecule has 0 heterocycles. The van der Waals surface area contributed by atoms with Crippen LogP contribution >= 0.6 is 0 Å². The number of hydrogen-bond donors (Lipinski definition) is 1. The van der Waals surface area contributed by atoms with Crippen molar-refractivity contribution in [1.29, 1.82) is 0 Å². The molecule has 0 spiro atoms. The fourth-order valence-corrected chi connectivity index (χ4v) is 2.65. The first-order valence-corrected chi connectivity index (χ1v) is 6.88. The summed E-state index contributed by atoms with van der Waals surface area (Å²) in [5.41, 5.74) is 1.78. The minimum Gasteiger partial charge on any atom is -0.493 e. The second kappa shape index (κ2) is 6.66. The summed E-state index contributed by atoms with van der Waals surface area (Å²) >= 11 is 0. The van der Waals surface area contributed by atoms with E-state index in [1.54, 1.807) is 27.4 Å². The zero-order valence-electron chi connectivity index (χ0n) is 12.3. The van der Waals surface area contributed by atoms with E-state index in [-0.39, 0.29) is 0 Å². The van der Waals surface area contributed by atoms with Crippen LogP contribution in [-0.4, -0.2) is 26.4 Å². The monoisotopic (exact) mass is 278 g/mol. The molecule has 0 saturated heterocycles. The summed E-state index contributed by atoms with van der Waals surface area (Å²) in [6.07, 6.45) is 5.76. The Labute approximate surface area is 120 Å². The largest absolute Gasteiger partial charge is 0.493 e. The van der Waals surface area contributed by atoms with Crippen LogP contribution in [0.2, 0.25) is 0 Å². The molecule has 1 N–H and O–H groups in total. The van der Waals surface area contributed by atoms with Crippen molar-refractivity contribution in [2.75, 3.05) is 21.3 Å². The molecule has 20 heavy (non-hydrogen) atoms. The summed E-state index contributed by atoms with van der Waals surface area (Å²) in [5.74, 6) is 1.65. The Kier molecular flexibility index (Phi) is 4.90. The van der Waals surface area contributed by atoms with E-state index < -0.39 is 6.10 Å². The molecule has 110 valence electrons. The molecule has 1 aromatic carbocycles. The average Bonchev–Trinajstić information content (AvgIpc) is 2.53. The van der Waals surface area contributed by atoms with Gasteiger partial charge in [-0.05, 0) is 43.4 Å². The lowest BCUT2D eigenvalue weighted by molar-refractivity contribution is 0.201. The van der Waals surface area contributed by atoms with Gasteiger partial charge in [0.05, 0.1) is 21.3 Å². The minimum atomic E-state index is -0.648. The third-order valence-corrected chi connectivity index (χ3v) is 3.71. The van der Waals surface area contributed by atoms with Gasteiger partial charge in [0.2, 0.25) is 5.75 Å². The van der Waals surface area contributed by atoms with Crippen molar-refractivity contribution in [2.45, 2.75) is 31.8 Å². The summed E-state index contributed by atoms with van der Waals surface area (Å²) in [5, 5.41) is 10.6. The summed E-state index contributed by atoms with van der Waals surface area (Å²) < 4.78 is 16.0. The van der Waals surface area contributed by atoms with Gasteiger partial charge in [0.25, 0.3) is 0 Å². The van der Waals surface area contributed by atoms with Gasteiger partial charge in [0, 0.05) is 5.56 Å². The molecule has 1 atom stereocenters. The van der Waals surface area contributed by atoms with Crippen LogP contribution in [0.4, 0.5) is 0 Å². The van der Waals surface area contributed by atoms with Gasteiger partial charge in [-0.25, -0.2) is 0 Å². The predicted molar refractivity (Wildman–Crippen MR) is 77.6 cm³/mol. The molecule has 1 aliphatic carbocycles. The highest BCUT2D eigenvalue weighted by atomic mass is 16.5. The first-order chi connectivity index (χ1) is 9.72. The number of ether oxygens (including phenoxy) is 3. The zero-order chi connectivity index (χ0) is 14.5. The molecule has 0 radical (unpaired) electrons. The molecule has 4 heteroatoms. The van der Waals surface area contributed by atoms with Crippen LogP contribution in [0.15, 0.2) is 23.8 Å². The number of methoxy groups -OCH3 is 3. The number of aliphatic hydroxyl groups excluding tert-OH is 1. The Balaban J connectivity index is 2.42. The van der Waals surface area contributed by atoms with Crippen molar-refractivity contribution >= 4 is 0 Å².